The highest BCUT2D eigenvalue weighted by Crippen LogP contribution is 2.45. The quantitative estimate of drug-likeness (QED) is 0.831. The summed E-state index contributed by atoms with van der Waals surface area (Å²) in [7, 11) is 2.00. The van der Waals surface area contributed by atoms with Gasteiger partial charge in [0, 0.05) is 18.3 Å². The second kappa shape index (κ2) is 4.69. The number of hydrogen-bond donors (Lipinski definition) is 2. The second-order valence-electron chi connectivity index (χ2n) is 5.66. The van der Waals surface area contributed by atoms with E-state index in [-0.39, 0.29) is 0 Å². The Labute approximate surface area is 104 Å². The van der Waals surface area contributed by atoms with Crippen molar-refractivity contribution in [2.45, 2.75) is 38.3 Å². The van der Waals surface area contributed by atoms with Gasteiger partial charge in [-0.05, 0) is 55.8 Å². The molecule has 3 rings (SSSR count). The van der Waals surface area contributed by atoms with Crippen LogP contribution in [0.5, 0.6) is 0 Å². The lowest BCUT2D eigenvalue weighted by Crippen LogP contribution is -2.25. The average Bonchev–Trinajstić information content (AvgIpc) is 2.92. The lowest BCUT2D eigenvalue weighted by molar-refractivity contribution is 0.440. The van der Waals surface area contributed by atoms with Crippen molar-refractivity contribution >= 4 is 5.69 Å². The van der Waals surface area contributed by atoms with Crippen molar-refractivity contribution in [1.29, 1.82) is 0 Å². The van der Waals surface area contributed by atoms with E-state index in [4.69, 9.17) is 0 Å². The molecule has 2 heteroatoms. The molecule has 2 saturated carbocycles. The van der Waals surface area contributed by atoms with Crippen molar-refractivity contribution in [1.82, 2.24) is 5.32 Å². The molecule has 92 valence electrons. The summed E-state index contributed by atoms with van der Waals surface area (Å²) in [5.74, 6) is 1.95. The van der Waals surface area contributed by atoms with Crippen LogP contribution in [-0.2, 0) is 6.54 Å². The molecule has 17 heavy (non-hydrogen) atoms. The van der Waals surface area contributed by atoms with Crippen LogP contribution in [-0.4, -0.2) is 13.1 Å². The van der Waals surface area contributed by atoms with Gasteiger partial charge in [0.1, 0.15) is 0 Å². The highest BCUT2D eigenvalue weighted by molar-refractivity contribution is 5.47. The minimum Gasteiger partial charge on any atom is -0.382 e. The molecule has 1 aromatic rings. The van der Waals surface area contributed by atoms with Gasteiger partial charge in [-0.3, -0.25) is 0 Å². The Morgan fingerprint density at radius 1 is 1.24 bits per heavy atom. The molecule has 2 nitrogen and oxygen atoms in total. The first-order chi connectivity index (χ1) is 8.35. The largest absolute Gasteiger partial charge is 0.382 e. The zero-order valence-electron chi connectivity index (χ0n) is 10.6. The van der Waals surface area contributed by atoms with E-state index in [1.54, 1.807) is 0 Å². The van der Waals surface area contributed by atoms with Crippen LogP contribution in [0, 0.1) is 11.8 Å². The number of hydrogen-bond acceptors (Lipinski definition) is 2. The maximum absolute atomic E-state index is 3.74. The molecule has 0 spiro atoms. The third-order valence-corrected chi connectivity index (χ3v) is 4.40. The van der Waals surface area contributed by atoms with Crippen LogP contribution in [0.2, 0.25) is 0 Å². The first-order valence-corrected chi connectivity index (χ1v) is 6.85. The van der Waals surface area contributed by atoms with E-state index in [0.29, 0.717) is 0 Å². The summed E-state index contributed by atoms with van der Waals surface area (Å²) in [4.78, 5) is 0. The molecule has 1 aromatic carbocycles. The van der Waals surface area contributed by atoms with Crippen molar-refractivity contribution in [2.24, 2.45) is 11.8 Å². The molecule has 0 aliphatic heterocycles. The summed E-state index contributed by atoms with van der Waals surface area (Å²) in [5.41, 5.74) is 2.66. The molecule has 3 atom stereocenters. The SMILES string of the molecule is CNCc1cccc(NC2CC3CCC2C3)c1. The highest BCUT2D eigenvalue weighted by atomic mass is 14.9. The third kappa shape index (κ3) is 2.32. The molecule has 2 bridgehead atoms. The zero-order chi connectivity index (χ0) is 11.7. The average molecular weight is 230 g/mol. The van der Waals surface area contributed by atoms with Gasteiger partial charge in [-0.2, -0.15) is 0 Å². The lowest BCUT2D eigenvalue weighted by atomic mass is 9.95. The fourth-order valence-corrected chi connectivity index (χ4v) is 3.61. The van der Waals surface area contributed by atoms with Crippen LogP contribution in [0.15, 0.2) is 24.3 Å². The van der Waals surface area contributed by atoms with E-state index < -0.39 is 0 Å². The van der Waals surface area contributed by atoms with Gasteiger partial charge < -0.3 is 10.6 Å². The molecule has 3 unspecified atom stereocenters. The summed E-state index contributed by atoms with van der Waals surface area (Å²) in [6.07, 6.45) is 5.77. The monoisotopic (exact) mass is 230 g/mol. The predicted molar refractivity (Wildman–Crippen MR) is 72.1 cm³/mol. The molecule has 0 aromatic heterocycles. The molecular weight excluding hydrogens is 208 g/mol. The minimum absolute atomic E-state index is 0.735. The van der Waals surface area contributed by atoms with Gasteiger partial charge in [-0.1, -0.05) is 18.6 Å². The van der Waals surface area contributed by atoms with E-state index in [9.17, 15) is 0 Å². The Bertz CT molecular complexity index is 388. The first kappa shape index (κ1) is 11.1. The van der Waals surface area contributed by atoms with Gasteiger partial charge in [-0.15, -0.1) is 0 Å². The molecule has 0 saturated heterocycles. The normalized spacial score (nSPS) is 30.8. The van der Waals surface area contributed by atoms with Crippen LogP contribution < -0.4 is 10.6 Å². The van der Waals surface area contributed by atoms with Crippen molar-refractivity contribution in [3.05, 3.63) is 29.8 Å². The Hall–Kier alpha value is -1.02. The Morgan fingerprint density at radius 2 is 2.18 bits per heavy atom. The van der Waals surface area contributed by atoms with E-state index in [1.807, 2.05) is 7.05 Å². The van der Waals surface area contributed by atoms with E-state index >= 15 is 0 Å². The smallest absolute Gasteiger partial charge is 0.0345 e. The molecule has 2 fully saturated rings. The van der Waals surface area contributed by atoms with Crippen molar-refractivity contribution in [3.8, 4) is 0 Å². The molecule has 2 aliphatic carbocycles. The summed E-state index contributed by atoms with van der Waals surface area (Å²) in [6, 6.07) is 9.55. The van der Waals surface area contributed by atoms with Crippen molar-refractivity contribution in [2.75, 3.05) is 12.4 Å². The fraction of sp³-hybridized carbons (Fsp3) is 0.600. The maximum atomic E-state index is 3.74. The van der Waals surface area contributed by atoms with Crippen LogP contribution in [0.4, 0.5) is 5.69 Å². The lowest BCUT2D eigenvalue weighted by Gasteiger charge is -2.24. The van der Waals surface area contributed by atoms with Crippen molar-refractivity contribution in [3.63, 3.8) is 0 Å². The summed E-state index contributed by atoms with van der Waals surface area (Å²) in [5, 5.41) is 6.95. The Morgan fingerprint density at radius 3 is 2.88 bits per heavy atom. The summed E-state index contributed by atoms with van der Waals surface area (Å²) >= 11 is 0. The molecular formula is C15H22N2. The number of benzene rings is 1. The molecule has 0 radical (unpaired) electrons. The van der Waals surface area contributed by atoms with Crippen molar-refractivity contribution < 1.29 is 0 Å². The summed E-state index contributed by atoms with van der Waals surface area (Å²) in [6.45, 7) is 0.951. The molecule has 0 amide bonds. The number of rotatable bonds is 4. The molecule has 2 aliphatic rings. The predicted octanol–water partition coefficient (Wildman–Crippen LogP) is 3.01. The van der Waals surface area contributed by atoms with Gasteiger partial charge in [0.15, 0.2) is 0 Å². The van der Waals surface area contributed by atoms with Crippen LogP contribution in [0.1, 0.15) is 31.2 Å². The standard InChI is InChI=1S/C15H22N2/c1-16-10-12-3-2-4-14(8-12)17-15-9-11-5-6-13(15)7-11/h2-4,8,11,13,15-17H,5-7,9-10H2,1H3. The highest BCUT2D eigenvalue weighted by Gasteiger charge is 2.39. The van der Waals surface area contributed by atoms with Crippen LogP contribution in [0.25, 0.3) is 0 Å². The minimum atomic E-state index is 0.735. The van der Waals surface area contributed by atoms with Gasteiger partial charge in [0.25, 0.3) is 0 Å². The number of anilines is 1. The van der Waals surface area contributed by atoms with Gasteiger partial charge in [-0.25, -0.2) is 0 Å². The maximum Gasteiger partial charge on any atom is 0.0345 e. The van der Waals surface area contributed by atoms with Crippen LogP contribution in [0.3, 0.4) is 0 Å². The summed E-state index contributed by atoms with van der Waals surface area (Å²) < 4.78 is 0. The van der Waals surface area contributed by atoms with E-state index in [2.05, 4.69) is 34.9 Å². The van der Waals surface area contributed by atoms with Gasteiger partial charge in [0.2, 0.25) is 0 Å². The topological polar surface area (TPSA) is 24.1 Å². The number of fused-ring (bicyclic) bond motifs is 2. The Kier molecular flexibility index (Phi) is 3.06. The van der Waals surface area contributed by atoms with Gasteiger partial charge >= 0.3 is 0 Å². The number of nitrogens with one attached hydrogen (secondary N) is 2. The zero-order valence-corrected chi connectivity index (χ0v) is 10.6. The van der Waals surface area contributed by atoms with E-state index in [0.717, 1.165) is 24.4 Å². The molecule has 0 heterocycles. The van der Waals surface area contributed by atoms with Crippen LogP contribution >= 0.6 is 0 Å². The molecule has 2 N–H and O–H groups in total. The Balaban J connectivity index is 1.66. The van der Waals surface area contributed by atoms with E-state index in [1.165, 1.54) is 36.9 Å². The third-order valence-electron chi connectivity index (χ3n) is 4.40. The second-order valence-corrected chi connectivity index (χ2v) is 5.66. The van der Waals surface area contributed by atoms with Gasteiger partial charge in [0.05, 0.1) is 0 Å². The fourth-order valence-electron chi connectivity index (χ4n) is 3.61. The first-order valence-electron chi connectivity index (χ1n) is 6.85.